The van der Waals surface area contributed by atoms with E-state index in [2.05, 4.69) is 15.3 Å². The molecule has 148 valence electrons. The van der Waals surface area contributed by atoms with Crippen LogP contribution in [0.5, 0.6) is 5.75 Å². The van der Waals surface area contributed by atoms with E-state index in [1.54, 1.807) is 30.4 Å². The number of allylic oxidation sites excluding steroid dienone is 1. The first-order chi connectivity index (χ1) is 14.0. The van der Waals surface area contributed by atoms with E-state index in [-0.39, 0.29) is 11.8 Å². The number of ether oxygens (including phenoxy) is 1. The lowest BCUT2D eigenvalue weighted by Crippen LogP contribution is -2.05. The van der Waals surface area contributed by atoms with Gasteiger partial charge < -0.3 is 4.74 Å². The number of aromatic amines is 1. The number of nitro benzene ring substituents is 1. The molecule has 0 aliphatic rings. The van der Waals surface area contributed by atoms with Gasteiger partial charge in [0.25, 0.3) is 5.69 Å². The van der Waals surface area contributed by atoms with Crippen molar-refractivity contribution in [2.75, 3.05) is 0 Å². The monoisotopic (exact) mass is 409 g/mol. The Kier molecular flexibility index (Phi) is 6.30. The second-order valence-corrected chi connectivity index (χ2v) is 6.68. The maximum atomic E-state index is 11.1. The van der Waals surface area contributed by atoms with Crippen LogP contribution in [0.25, 0.3) is 17.5 Å². The van der Waals surface area contributed by atoms with Gasteiger partial charge in [0.1, 0.15) is 5.75 Å². The minimum atomic E-state index is -0.423. The van der Waals surface area contributed by atoms with Crippen molar-refractivity contribution in [1.29, 1.82) is 0 Å². The number of nitrogens with zero attached hydrogens (tertiary/aromatic N) is 4. The Morgan fingerprint density at radius 1 is 1.28 bits per heavy atom. The van der Waals surface area contributed by atoms with E-state index in [4.69, 9.17) is 17.0 Å². The van der Waals surface area contributed by atoms with Crippen LogP contribution >= 0.6 is 12.2 Å². The lowest BCUT2D eigenvalue weighted by Gasteiger charge is -2.10. The highest BCUT2D eigenvalue weighted by molar-refractivity contribution is 7.71. The first-order valence-corrected chi connectivity index (χ1v) is 9.25. The zero-order valence-corrected chi connectivity index (χ0v) is 16.7. The van der Waals surface area contributed by atoms with Crippen molar-refractivity contribution in [2.45, 2.75) is 20.0 Å². The Hall–Kier alpha value is -3.59. The minimum Gasteiger partial charge on any atom is -0.491 e. The van der Waals surface area contributed by atoms with Gasteiger partial charge in [0.2, 0.25) is 4.77 Å². The van der Waals surface area contributed by atoms with E-state index >= 15 is 0 Å². The van der Waals surface area contributed by atoms with Crippen LogP contribution in [0.4, 0.5) is 5.69 Å². The molecule has 2 aromatic carbocycles. The summed E-state index contributed by atoms with van der Waals surface area (Å²) < 4.78 is 7.53. The zero-order chi connectivity index (χ0) is 20.8. The normalized spacial score (nSPS) is 11.6. The topological polar surface area (TPSA) is 98.3 Å². The number of nitrogens with one attached hydrogen (secondary N) is 1. The van der Waals surface area contributed by atoms with Gasteiger partial charge in [-0.2, -0.15) is 14.9 Å². The van der Waals surface area contributed by atoms with Crippen LogP contribution in [0.1, 0.15) is 19.4 Å². The molecule has 0 aliphatic carbocycles. The average Bonchev–Trinajstić information content (AvgIpc) is 3.05. The summed E-state index contributed by atoms with van der Waals surface area (Å²) in [6.45, 7) is 3.91. The maximum Gasteiger partial charge on any atom is 0.276 e. The summed E-state index contributed by atoms with van der Waals surface area (Å²) in [4.78, 5) is 10.7. The molecule has 0 radical (unpaired) electrons. The first-order valence-electron chi connectivity index (χ1n) is 8.84. The molecule has 1 heterocycles. The van der Waals surface area contributed by atoms with Crippen molar-refractivity contribution < 1.29 is 9.66 Å². The summed E-state index contributed by atoms with van der Waals surface area (Å²) in [5.74, 6) is 1.25. The number of hydrogen-bond acceptors (Lipinski definition) is 6. The highest BCUT2D eigenvalue weighted by Gasteiger charge is 2.10. The number of hydrogen-bond donors (Lipinski definition) is 1. The highest BCUT2D eigenvalue weighted by atomic mass is 32.1. The van der Waals surface area contributed by atoms with E-state index in [1.807, 2.05) is 38.1 Å². The second kappa shape index (κ2) is 9.07. The number of nitro groups is 1. The molecule has 1 N–H and O–H groups in total. The van der Waals surface area contributed by atoms with Crippen LogP contribution in [0.2, 0.25) is 0 Å². The van der Waals surface area contributed by atoms with E-state index in [0.717, 1.165) is 11.3 Å². The first kappa shape index (κ1) is 20.2. The van der Waals surface area contributed by atoms with Gasteiger partial charge in [-0.05, 0) is 56.4 Å². The molecule has 0 unspecified atom stereocenters. The van der Waals surface area contributed by atoms with Gasteiger partial charge in [0.05, 0.1) is 16.6 Å². The molecular formula is C20H19N5O3S. The molecule has 0 atom stereocenters. The van der Waals surface area contributed by atoms with Crippen molar-refractivity contribution >= 4 is 30.2 Å². The van der Waals surface area contributed by atoms with Crippen LogP contribution in [0.15, 0.2) is 59.7 Å². The van der Waals surface area contributed by atoms with Crippen molar-refractivity contribution in [3.05, 3.63) is 75.1 Å². The average molecular weight is 409 g/mol. The van der Waals surface area contributed by atoms with E-state index < -0.39 is 4.92 Å². The number of benzene rings is 2. The summed E-state index contributed by atoms with van der Waals surface area (Å²) in [7, 11) is 0. The van der Waals surface area contributed by atoms with Crippen LogP contribution in [0.3, 0.4) is 0 Å². The zero-order valence-electron chi connectivity index (χ0n) is 15.9. The molecule has 1 aromatic heterocycles. The summed E-state index contributed by atoms with van der Waals surface area (Å²) >= 11 is 5.26. The van der Waals surface area contributed by atoms with Crippen LogP contribution in [0, 0.1) is 14.9 Å². The molecule has 0 spiro atoms. The van der Waals surface area contributed by atoms with E-state index in [9.17, 15) is 10.1 Å². The number of H-pyrrole nitrogens is 1. The Labute approximate surface area is 172 Å². The van der Waals surface area contributed by atoms with Crippen molar-refractivity contribution in [1.82, 2.24) is 14.9 Å². The van der Waals surface area contributed by atoms with Gasteiger partial charge in [-0.25, -0.2) is 5.10 Å². The summed E-state index contributed by atoms with van der Waals surface area (Å²) in [5.41, 5.74) is 1.30. The van der Waals surface area contributed by atoms with Crippen LogP contribution in [-0.2, 0) is 0 Å². The van der Waals surface area contributed by atoms with Gasteiger partial charge in [-0.3, -0.25) is 10.1 Å². The summed E-state index contributed by atoms with van der Waals surface area (Å²) in [5, 5.41) is 22.4. The number of para-hydroxylation sites is 1. The largest absolute Gasteiger partial charge is 0.491 e. The van der Waals surface area contributed by atoms with Gasteiger partial charge >= 0.3 is 0 Å². The Morgan fingerprint density at radius 3 is 2.83 bits per heavy atom. The predicted octanol–water partition coefficient (Wildman–Crippen LogP) is 4.85. The van der Waals surface area contributed by atoms with Gasteiger partial charge in [-0.15, -0.1) is 0 Å². The minimum absolute atomic E-state index is 0.0275. The molecule has 9 heteroatoms. The van der Waals surface area contributed by atoms with Crippen molar-refractivity contribution in [3.8, 4) is 17.1 Å². The second-order valence-electron chi connectivity index (χ2n) is 6.30. The summed E-state index contributed by atoms with van der Waals surface area (Å²) in [6.07, 6.45) is 4.78. The molecule has 8 nitrogen and oxygen atoms in total. The quantitative estimate of drug-likeness (QED) is 0.260. The van der Waals surface area contributed by atoms with Crippen molar-refractivity contribution in [3.63, 3.8) is 0 Å². The molecule has 29 heavy (non-hydrogen) atoms. The molecule has 3 aromatic rings. The van der Waals surface area contributed by atoms with Gasteiger partial charge in [0, 0.05) is 17.8 Å². The Balaban J connectivity index is 1.86. The van der Waals surface area contributed by atoms with Gasteiger partial charge in [0.15, 0.2) is 5.82 Å². The van der Waals surface area contributed by atoms with Gasteiger partial charge in [-0.1, -0.05) is 24.3 Å². The molecule has 0 aliphatic heterocycles. The molecule has 0 bridgehead atoms. The third-order valence-corrected chi connectivity index (χ3v) is 4.06. The molecule has 0 saturated carbocycles. The fourth-order valence-corrected chi connectivity index (χ4v) is 2.79. The van der Waals surface area contributed by atoms with Crippen molar-refractivity contribution in [2.24, 2.45) is 5.10 Å². The van der Waals surface area contributed by atoms with Crippen LogP contribution in [-0.4, -0.2) is 32.1 Å². The standard InChI is InChI=1S/C20H19N5O3S/c1-14(2)28-17-10-5-8-16(13-17)19-22-23-20(29)24(19)21-12-6-9-15-7-3-4-11-18(15)25(26)27/h3-14H,1-2H3,(H,23,29). The predicted molar refractivity (Wildman–Crippen MR) is 115 cm³/mol. The third kappa shape index (κ3) is 5.02. The SMILES string of the molecule is CC(C)Oc1cccc(-c2n[nH]c(=S)n2N=CC=Cc2ccccc2[N+](=O)[O-])c1. The number of rotatable bonds is 7. The fourth-order valence-electron chi connectivity index (χ4n) is 2.61. The smallest absolute Gasteiger partial charge is 0.276 e. The Bertz CT molecular complexity index is 1130. The number of aromatic nitrogens is 3. The highest BCUT2D eigenvalue weighted by Crippen LogP contribution is 2.23. The molecule has 0 amide bonds. The molecular weight excluding hydrogens is 390 g/mol. The lowest BCUT2D eigenvalue weighted by molar-refractivity contribution is -0.385. The molecule has 3 rings (SSSR count). The Morgan fingerprint density at radius 2 is 2.07 bits per heavy atom. The maximum absolute atomic E-state index is 11.1. The summed E-state index contributed by atoms with van der Waals surface area (Å²) in [6, 6.07) is 14.0. The van der Waals surface area contributed by atoms with E-state index in [1.165, 1.54) is 17.0 Å². The molecule has 0 saturated heterocycles. The fraction of sp³-hybridized carbons (Fsp3) is 0.150. The third-order valence-electron chi connectivity index (χ3n) is 3.79. The lowest BCUT2D eigenvalue weighted by atomic mass is 10.1. The molecule has 0 fully saturated rings. The van der Waals surface area contributed by atoms with E-state index in [0.29, 0.717) is 16.2 Å². The van der Waals surface area contributed by atoms with Crippen LogP contribution < -0.4 is 4.74 Å².